The highest BCUT2D eigenvalue weighted by Gasteiger charge is 2.10. The molecule has 16 heavy (non-hydrogen) atoms. The van der Waals surface area contributed by atoms with Crippen LogP contribution in [0.3, 0.4) is 0 Å². The molecular formula is C13H11BrN2. The van der Waals surface area contributed by atoms with E-state index < -0.39 is 0 Å². The van der Waals surface area contributed by atoms with Crippen molar-refractivity contribution >= 4 is 26.7 Å². The summed E-state index contributed by atoms with van der Waals surface area (Å²) in [4.78, 5) is 4.41. The number of fused-ring (bicyclic) bond motifs is 1. The van der Waals surface area contributed by atoms with Gasteiger partial charge in [-0.3, -0.25) is 0 Å². The third-order valence-corrected chi connectivity index (χ3v) is 3.31. The number of nitrogens with zero attached hydrogens (tertiary/aromatic N) is 2. The van der Waals surface area contributed by atoms with Crippen LogP contribution in [0.5, 0.6) is 0 Å². The predicted molar refractivity (Wildman–Crippen MR) is 68.2 cm³/mol. The molecule has 3 heteroatoms. The summed E-state index contributed by atoms with van der Waals surface area (Å²) in [5.74, 6) is -0.180. The summed E-state index contributed by atoms with van der Waals surface area (Å²) < 4.78 is 0.811. The van der Waals surface area contributed by atoms with Gasteiger partial charge in [-0.15, -0.1) is 0 Å². The molecular weight excluding hydrogens is 264 g/mol. The van der Waals surface area contributed by atoms with Crippen LogP contribution in [0.25, 0.3) is 10.8 Å². The van der Waals surface area contributed by atoms with Crippen molar-refractivity contribution in [3.63, 3.8) is 0 Å². The van der Waals surface area contributed by atoms with Crippen molar-refractivity contribution in [3.05, 3.63) is 40.1 Å². The number of nitriles is 1. The van der Waals surface area contributed by atoms with Crippen LogP contribution < -0.4 is 0 Å². The summed E-state index contributed by atoms with van der Waals surface area (Å²) in [5, 5.41) is 11.2. The van der Waals surface area contributed by atoms with Crippen LogP contribution in [-0.2, 0) is 0 Å². The molecule has 80 valence electrons. The van der Waals surface area contributed by atoms with Crippen molar-refractivity contribution in [2.75, 3.05) is 0 Å². The van der Waals surface area contributed by atoms with Gasteiger partial charge in [-0.2, -0.15) is 5.26 Å². The van der Waals surface area contributed by atoms with Crippen LogP contribution in [0.15, 0.2) is 28.9 Å². The molecule has 0 fully saturated rings. The molecule has 1 aromatic heterocycles. The Labute approximate surface area is 103 Å². The maximum absolute atomic E-state index is 8.92. The van der Waals surface area contributed by atoms with E-state index in [1.807, 2.05) is 25.1 Å². The summed E-state index contributed by atoms with van der Waals surface area (Å²) >= 11 is 3.46. The fourth-order valence-electron chi connectivity index (χ4n) is 1.69. The Morgan fingerprint density at radius 3 is 2.81 bits per heavy atom. The molecule has 1 atom stereocenters. The smallest absolute Gasteiger partial charge is 0.114 e. The van der Waals surface area contributed by atoms with Gasteiger partial charge in [0.25, 0.3) is 0 Å². The minimum Gasteiger partial charge on any atom is -0.244 e. The van der Waals surface area contributed by atoms with Crippen molar-refractivity contribution < 1.29 is 0 Å². The van der Waals surface area contributed by atoms with Crippen molar-refractivity contribution in [2.45, 2.75) is 19.8 Å². The third kappa shape index (κ3) is 1.81. The number of hydrogen-bond acceptors (Lipinski definition) is 2. The van der Waals surface area contributed by atoms with Gasteiger partial charge < -0.3 is 0 Å². The Morgan fingerprint density at radius 1 is 1.38 bits per heavy atom. The van der Waals surface area contributed by atoms with Gasteiger partial charge in [-0.1, -0.05) is 18.2 Å². The van der Waals surface area contributed by atoms with Crippen molar-refractivity contribution in [1.82, 2.24) is 4.98 Å². The van der Waals surface area contributed by atoms with Crippen LogP contribution in [0, 0.1) is 18.3 Å². The van der Waals surface area contributed by atoms with Crippen LogP contribution in [-0.4, -0.2) is 4.98 Å². The highest BCUT2D eigenvalue weighted by atomic mass is 79.9. The third-order valence-electron chi connectivity index (χ3n) is 2.70. The second-order valence-electron chi connectivity index (χ2n) is 3.86. The van der Waals surface area contributed by atoms with Gasteiger partial charge in [-0.05, 0) is 46.8 Å². The second kappa shape index (κ2) is 4.23. The lowest BCUT2D eigenvalue weighted by Gasteiger charge is -2.08. The van der Waals surface area contributed by atoms with E-state index in [1.165, 1.54) is 5.56 Å². The number of rotatable bonds is 1. The average molecular weight is 275 g/mol. The molecule has 0 N–H and O–H groups in total. The molecule has 2 nitrogen and oxygen atoms in total. The summed E-state index contributed by atoms with van der Waals surface area (Å²) in [6.45, 7) is 3.93. The monoisotopic (exact) mass is 274 g/mol. The lowest BCUT2D eigenvalue weighted by atomic mass is 10.0. The summed E-state index contributed by atoms with van der Waals surface area (Å²) in [5.41, 5.74) is 2.02. The fourth-order valence-corrected chi connectivity index (χ4v) is 2.24. The Kier molecular flexibility index (Phi) is 2.93. The van der Waals surface area contributed by atoms with Crippen LogP contribution in [0.1, 0.15) is 24.1 Å². The molecule has 0 bridgehead atoms. The number of halogens is 1. The predicted octanol–water partition coefficient (Wildman–Crippen LogP) is 3.93. The normalized spacial score (nSPS) is 12.4. The van der Waals surface area contributed by atoms with Gasteiger partial charge in [0.1, 0.15) is 4.60 Å². The van der Waals surface area contributed by atoms with Gasteiger partial charge in [0.2, 0.25) is 0 Å². The number of hydrogen-bond donors (Lipinski definition) is 0. The molecule has 1 heterocycles. The van der Waals surface area contributed by atoms with E-state index in [0.717, 1.165) is 21.1 Å². The first-order valence-electron chi connectivity index (χ1n) is 5.09. The molecule has 0 spiro atoms. The highest BCUT2D eigenvalue weighted by Crippen LogP contribution is 2.27. The second-order valence-corrected chi connectivity index (χ2v) is 4.61. The summed E-state index contributed by atoms with van der Waals surface area (Å²) in [6, 6.07) is 10.3. The molecule has 0 saturated carbocycles. The fraction of sp³-hybridized carbons (Fsp3) is 0.231. The van der Waals surface area contributed by atoms with Gasteiger partial charge in [0.05, 0.1) is 17.7 Å². The highest BCUT2D eigenvalue weighted by molar-refractivity contribution is 9.10. The van der Waals surface area contributed by atoms with Crippen LogP contribution in [0.4, 0.5) is 0 Å². The SMILES string of the molecule is Cc1cccc2c(Br)nc(C(C)C#N)cc12. The molecule has 2 aromatic rings. The molecule has 1 aromatic carbocycles. The lowest BCUT2D eigenvalue weighted by Crippen LogP contribution is -1.96. The zero-order valence-electron chi connectivity index (χ0n) is 9.16. The topological polar surface area (TPSA) is 36.7 Å². The first-order chi connectivity index (χ1) is 7.63. The minimum absolute atomic E-state index is 0.180. The van der Waals surface area contributed by atoms with E-state index in [-0.39, 0.29) is 5.92 Å². The lowest BCUT2D eigenvalue weighted by molar-refractivity contribution is 0.919. The zero-order chi connectivity index (χ0) is 11.7. The van der Waals surface area contributed by atoms with Gasteiger partial charge in [0.15, 0.2) is 0 Å². The Hall–Kier alpha value is -1.40. The standard InChI is InChI=1S/C13H11BrN2/c1-8-4-3-5-10-11(8)6-12(9(2)7-15)16-13(10)14/h3-6,9H,1-2H3. The van der Waals surface area contributed by atoms with Crippen LogP contribution in [0.2, 0.25) is 0 Å². The molecule has 0 saturated heterocycles. The minimum atomic E-state index is -0.180. The largest absolute Gasteiger partial charge is 0.244 e. The zero-order valence-corrected chi connectivity index (χ0v) is 10.7. The van der Waals surface area contributed by atoms with E-state index >= 15 is 0 Å². The van der Waals surface area contributed by atoms with E-state index in [2.05, 4.69) is 40.0 Å². The number of benzene rings is 1. The first-order valence-corrected chi connectivity index (χ1v) is 5.88. The van der Waals surface area contributed by atoms with E-state index in [1.54, 1.807) is 0 Å². The van der Waals surface area contributed by atoms with E-state index in [9.17, 15) is 0 Å². The molecule has 0 radical (unpaired) electrons. The van der Waals surface area contributed by atoms with Gasteiger partial charge >= 0.3 is 0 Å². The molecule has 0 aliphatic carbocycles. The maximum Gasteiger partial charge on any atom is 0.114 e. The quantitative estimate of drug-likeness (QED) is 0.739. The molecule has 0 aliphatic heterocycles. The number of aromatic nitrogens is 1. The van der Waals surface area contributed by atoms with Gasteiger partial charge in [-0.25, -0.2) is 4.98 Å². The molecule has 2 rings (SSSR count). The Morgan fingerprint density at radius 2 is 2.12 bits per heavy atom. The molecule has 0 aliphatic rings. The van der Waals surface area contributed by atoms with Crippen molar-refractivity contribution in [1.29, 1.82) is 5.26 Å². The Bertz CT molecular complexity index is 584. The summed E-state index contributed by atoms with van der Waals surface area (Å²) in [7, 11) is 0. The maximum atomic E-state index is 8.92. The molecule has 0 amide bonds. The Balaban J connectivity index is 2.76. The van der Waals surface area contributed by atoms with Gasteiger partial charge in [0, 0.05) is 5.39 Å². The first kappa shape index (κ1) is 11.1. The summed E-state index contributed by atoms with van der Waals surface area (Å²) in [6.07, 6.45) is 0. The number of aryl methyl sites for hydroxylation is 1. The van der Waals surface area contributed by atoms with Crippen molar-refractivity contribution in [2.24, 2.45) is 0 Å². The van der Waals surface area contributed by atoms with E-state index in [4.69, 9.17) is 5.26 Å². The van der Waals surface area contributed by atoms with Crippen molar-refractivity contribution in [3.8, 4) is 6.07 Å². The van der Waals surface area contributed by atoms with Crippen LogP contribution >= 0.6 is 15.9 Å². The average Bonchev–Trinajstić information content (AvgIpc) is 2.29. The molecule has 1 unspecified atom stereocenters. The number of pyridine rings is 1. The van der Waals surface area contributed by atoms with E-state index in [0.29, 0.717) is 0 Å².